The molecule has 4 rings (SSSR count). The second-order valence-corrected chi connectivity index (χ2v) is 9.90. The number of rotatable bonds is 6. The molecular formula is C25H27ClN4O2S. The Morgan fingerprint density at radius 1 is 1.21 bits per heavy atom. The van der Waals surface area contributed by atoms with Gasteiger partial charge in [-0.3, -0.25) is 9.69 Å². The van der Waals surface area contributed by atoms with Crippen LogP contribution in [0.1, 0.15) is 51.5 Å². The largest absolute Gasteiger partial charge is 0.447 e. The lowest BCUT2D eigenvalue weighted by Crippen LogP contribution is -2.36. The summed E-state index contributed by atoms with van der Waals surface area (Å²) in [5.41, 5.74) is 3.90. The standard InChI is InChI=1S/C25H27ClN4O2S/c1-5-17-9-10-21-20(13-17)22-23(27-25(29-28-22)33-12-11-15(2)3)32-24(30(21)16(4)31)18-7-6-8-19(26)14-18/h6-10,13-15,24H,5,11-12H2,1-4H3. The van der Waals surface area contributed by atoms with Crippen LogP contribution in [0.25, 0.3) is 11.3 Å². The van der Waals surface area contributed by atoms with E-state index in [4.69, 9.17) is 21.3 Å². The molecule has 0 spiro atoms. The van der Waals surface area contributed by atoms with Crippen LogP contribution in [0.2, 0.25) is 5.02 Å². The zero-order valence-electron chi connectivity index (χ0n) is 19.2. The van der Waals surface area contributed by atoms with Gasteiger partial charge in [0.25, 0.3) is 0 Å². The summed E-state index contributed by atoms with van der Waals surface area (Å²) in [5, 5.41) is 10.00. The van der Waals surface area contributed by atoms with Crippen LogP contribution in [0.5, 0.6) is 5.88 Å². The smallest absolute Gasteiger partial charge is 0.247 e. The van der Waals surface area contributed by atoms with Gasteiger partial charge in [0.2, 0.25) is 23.2 Å². The molecule has 172 valence electrons. The number of halogens is 1. The summed E-state index contributed by atoms with van der Waals surface area (Å²) in [4.78, 5) is 19.3. The SMILES string of the molecule is CCc1ccc2c(c1)-c1nnc(SCCC(C)C)nc1OC(c1cccc(Cl)c1)N2C(C)=O. The van der Waals surface area contributed by atoms with Gasteiger partial charge < -0.3 is 4.74 Å². The molecule has 0 fully saturated rings. The number of aryl methyl sites for hydroxylation is 1. The number of fused-ring (bicyclic) bond motifs is 3. The first kappa shape index (κ1) is 23.5. The lowest BCUT2D eigenvalue weighted by Gasteiger charge is -2.30. The van der Waals surface area contributed by atoms with E-state index in [0.29, 0.717) is 33.4 Å². The summed E-state index contributed by atoms with van der Waals surface area (Å²) < 4.78 is 6.42. The molecule has 1 unspecified atom stereocenters. The minimum Gasteiger partial charge on any atom is -0.447 e. The zero-order chi connectivity index (χ0) is 23.5. The van der Waals surface area contributed by atoms with E-state index in [1.165, 1.54) is 6.92 Å². The maximum absolute atomic E-state index is 12.9. The summed E-state index contributed by atoms with van der Waals surface area (Å²) in [5.74, 6) is 1.70. The highest BCUT2D eigenvalue weighted by molar-refractivity contribution is 7.99. The van der Waals surface area contributed by atoms with Crippen molar-refractivity contribution in [3.05, 3.63) is 58.6 Å². The van der Waals surface area contributed by atoms with Crippen LogP contribution in [-0.4, -0.2) is 26.8 Å². The Balaban J connectivity index is 1.86. The maximum Gasteiger partial charge on any atom is 0.247 e. The van der Waals surface area contributed by atoms with Crippen molar-refractivity contribution in [2.24, 2.45) is 5.92 Å². The van der Waals surface area contributed by atoms with Crippen molar-refractivity contribution in [2.75, 3.05) is 10.7 Å². The fourth-order valence-electron chi connectivity index (χ4n) is 3.70. The number of ether oxygens (including phenoxy) is 1. The summed E-state index contributed by atoms with van der Waals surface area (Å²) in [6.07, 6.45) is 1.17. The third kappa shape index (κ3) is 5.14. The Morgan fingerprint density at radius 3 is 2.73 bits per heavy atom. The molecule has 33 heavy (non-hydrogen) atoms. The van der Waals surface area contributed by atoms with E-state index in [9.17, 15) is 4.79 Å². The predicted molar refractivity (Wildman–Crippen MR) is 133 cm³/mol. The molecule has 0 N–H and O–H groups in total. The Bertz CT molecular complexity index is 1170. The summed E-state index contributed by atoms with van der Waals surface area (Å²) in [6, 6.07) is 13.3. The van der Waals surface area contributed by atoms with Crippen LogP contribution in [-0.2, 0) is 11.2 Å². The van der Waals surface area contributed by atoms with Gasteiger partial charge in [-0.05, 0) is 48.6 Å². The number of amides is 1. The number of carbonyl (C=O) groups excluding carboxylic acids is 1. The Labute approximate surface area is 203 Å². The average molecular weight is 483 g/mol. The number of hydrogen-bond acceptors (Lipinski definition) is 6. The number of benzene rings is 2. The molecule has 0 radical (unpaired) electrons. The van der Waals surface area contributed by atoms with Gasteiger partial charge in [-0.1, -0.05) is 62.3 Å². The highest BCUT2D eigenvalue weighted by atomic mass is 35.5. The Kier molecular flexibility index (Phi) is 7.20. The average Bonchev–Trinajstić information content (AvgIpc) is 2.92. The molecule has 6 nitrogen and oxygen atoms in total. The molecule has 1 amide bonds. The normalized spacial score (nSPS) is 15.0. The van der Waals surface area contributed by atoms with E-state index in [1.807, 2.05) is 30.3 Å². The minimum absolute atomic E-state index is 0.155. The first-order valence-electron chi connectivity index (χ1n) is 11.1. The van der Waals surface area contributed by atoms with Crippen LogP contribution >= 0.6 is 23.4 Å². The van der Waals surface area contributed by atoms with Gasteiger partial charge in [-0.25, -0.2) is 0 Å². The molecule has 2 heterocycles. The van der Waals surface area contributed by atoms with Crippen molar-refractivity contribution >= 4 is 35.0 Å². The Hall–Kier alpha value is -2.64. The van der Waals surface area contributed by atoms with Crippen molar-refractivity contribution in [1.82, 2.24) is 15.2 Å². The number of anilines is 1. The van der Waals surface area contributed by atoms with Crippen LogP contribution in [0.4, 0.5) is 5.69 Å². The van der Waals surface area contributed by atoms with Crippen molar-refractivity contribution in [3.63, 3.8) is 0 Å². The van der Waals surface area contributed by atoms with E-state index in [2.05, 4.69) is 31.0 Å². The van der Waals surface area contributed by atoms with Crippen LogP contribution in [0, 0.1) is 5.92 Å². The lowest BCUT2D eigenvalue weighted by atomic mass is 10.0. The topological polar surface area (TPSA) is 68.2 Å². The summed E-state index contributed by atoms with van der Waals surface area (Å²) in [6.45, 7) is 7.99. The quantitative estimate of drug-likeness (QED) is 0.382. The van der Waals surface area contributed by atoms with Gasteiger partial charge in [-0.2, -0.15) is 4.98 Å². The Morgan fingerprint density at radius 2 is 2.03 bits per heavy atom. The van der Waals surface area contributed by atoms with Gasteiger partial charge in [0.15, 0.2) is 5.69 Å². The molecule has 1 aromatic heterocycles. The van der Waals surface area contributed by atoms with Crippen LogP contribution in [0.3, 0.4) is 0 Å². The molecule has 3 aromatic rings. The molecule has 1 atom stereocenters. The van der Waals surface area contributed by atoms with E-state index in [0.717, 1.165) is 35.3 Å². The highest BCUT2D eigenvalue weighted by Crippen LogP contribution is 2.44. The number of nitrogens with zero attached hydrogens (tertiary/aromatic N) is 4. The minimum atomic E-state index is -0.737. The number of aromatic nitrogens is 3. The third-order valence-corrected chi connectivity index (χ3v) is 6.58. The van der Waals surface area contributed by atoms with Crippen LogP contribution < -0.4 is 9.64 Å². The van der Waals surface area contributed by atoms with Gasteiger partial charge in [0, 0.05) is 28.8 Å². The molecule has 0 bridgehead atoms. The first-order valence-corrected chi connectivity index (χ1v) is 12.5. The number of hydrogen-bond donors (Lipinski definition) is 0. The van der Waals surface area contributed by atoms with Gasteiger partial charge in [0.05, 0.1) is 5.69 Å². The van der Waals surface area contributed by atoms with Gasteiger partial charge >= 0.3 is 0 Å². The van der Waals surface area contributed by atoms with Crippen molar-refractivity contribution < 1.29 is 9.53 Å². The fourth-order valence-corrected chi connectivity index (χ4v) is 4.91. The maximum atomic E-state index is 12.9. The van der Waals surface area contributed by atoms with E-state index in [1.54, 1.807) is 28.8 Å². The first-order chi connectivity index (χ1) is 15.9. The van der Waals surface area contributed by atoms with Crippen LogP contribution in [0.15, 0.2) is 47.6 Å². The van der Waals surface area contributed by atoms with Gasteiger partial charge in [-0.15, -0.1) is 10.2 Å². The molecular weight excluding hydrogens is 456 g/mol. The summed E-state index contributed by atoms with van der Waals surface area (Å²) >= 11 is 7.84. The fraction of sp³-hybridized carbons (Fsp3) is 0.360. The molecule has 1 aliphatic rings. The van der Waals surface area contributed by atoms with Crippen molar-refractivity contribution in [1.29, 1.82) is 0 Å². The molecule has 0 aliphatic carbocycles. The number of thioether (sulfide) groups is 1. The second-order valence-electron chi connectivity index (χ2n) is 8.40. The summed E-state index contributed by atoms with van der Waals surface area (Å²) in [7, 11) is 0. The zero-order valence-corrected chi connectivity index (χ0v) is 20.8. The second kappa shape index (κ2) is 10.1. The third-order valence-electron chi connectivity index (χ3n) is 5.48. The van der Waals surface area contributed by atoms with E-state index < -0.39 is 6.23 Å². The molecule has 1 aliphatic heterocycles. The molecule has 2 aromatic carbocycles. The highest BCUT2D eigenvalue weighted by Gasteiger charge is 2.34. The van der Waals surface area contributed by atoms with Gasteiger partial charge in [0.1, 0.15) is 0 Å². The monoisotopic (exact) mass is 482 g/mol. The number of carbonyl (C=O) groups is 1. The van der Waals surface area contributed by atoms with E-state index in [-0.39, 0.29) is 5.91 Å². The molecule has 0 saturated heterocycles. The molecule has 0 saturated carbocycles. The molecule has 8 heteroatoms. The lowest BCUT2D eigenvalue weighted by molar-refractivity contribution is -0.118. The predicted octanol–water partition coefficient (Wildman–Crippen LogP) is 6.34. The van der Waals surface area contributed by atoms with Crippen molar-refractivity contribution in [3.8, 4) is 17.1 Å². The van der Waals surface area contributed by atoms with Crippen molar-refractivity contribution in [2.45, 2.75) is 51.9 Å². The van der Waals surface area contributed by atoms with E-state index >= 15 is 0 Å².